The lowest BCUT2D eigenvalue weighted by Crippen LogP contribution is -2.31. The van der Waals surface area contributed by atoms with Crippen molar-refractivity contribution in [2.75, 3.05) is 13.2 Å². The summed E-state index contributed by atoms with van der Waals surface area (Å²) in [7, 11) is 0. The van der Waals surface area contributed by atoms with Gasteiger partial charge in [0.25, 0.3) is 5.91 Å². The van der Waals surface area contributed by atoms with E-state index in [0.717, 1.165) is 11.0 Å². The minimum absolute atomic E-state index is 0.0466. The molecule has 1 amide bonds. The SMILES string of the molecule is CC(C)CNC(=O)COc1ccc(CNC2CC2)cc1Br. The lowest BCUT2D eigenvalue weighted by atomic mass is 10.2. The zero-order valence-electron chi connectivity index (χ0n) is 12.6. The third-order valence-corrected chi connectivity index (χ3v) is 3.85. The highest BCUT2D eigenvalue weighted by Crippen LogP contribution is 2.26. The van der Waals surface area contributed by atoms with E-state index in [-0.39, 0.29) is 12.5 Å². The average Bonchev–Trinajstić information content (AvgIpc) is 3.26. The average molecular weight is 355 g/mol. The van der Waals surface area contributed by atoms with Gasteiger partial charge in [-0.15, -0.1) is 0 Å². The van der Waals surface area contributed by atoms with Crippen molar-refractivity contribution >= 4 is 21.8 Å². The number of ether oxygens (including phenoxy) is 1. The van der Waals surface area contributed by atoms with Crippen molar-refractivity contribution in [3.8, 4) is 5.75 Å². The van der Waals surface area contributed by atoms with E-state index in [2.05, 4.69) is 40.4 Å². The maximum absolute atomic E-state index is 11.6. The first-order valence-corrected chi connectivity index (χ1v) is 8.25. The fourth-order valence-electron chi connectivity index (χ4n) is 1.83. The van der Waals surface area contributed by atoms with Crippen LogP contribution >= 0.6 is 15.9 Å². The molecule has 0 bridgehead atoms. The van der Waals surface area contributed by atoms with Gasteiger partial charge in [-0.2, -0.15) is 0 Å². The Morgan fingerprint density at radius 2 is 2.19 bits per heavy atom. The van der Waals surface area contributed by atoms with Crippen molar-refractivity contribution < 1.29 is 9.53 Å². The first kappa shape index (κ1) is 16.3. The summed E-state index contributed by atoms with van der Waals surface area (Å²) in [6.07, 6.45) is 2.57. The van der Waals surface area contributed by atoms with Crippen molar-refractivity contribution in [1.29, 1.82) is 0 Å². The number of carbonyl (C=O) groups excluding carboxylic acids is 1. The summed E-state index contributed by atoms with van der Waals surface area (Å²) >= 11 is 3.50. The van der Waals surface area contributed by atoms with Crippen molar-refractivity contribution in [3.63, 3.8) is 0 Å². The van der Waals surface area contributed by atoms with Gasteiger partial charge in [0.1, 0.15) is 5.75 Å². The Hall–Kier alpha value is -1.07. The van der Waals surface area contributed by atoms with Crippen LogP contribution in [0.25, 0.3) is 0 Å². The molecule has 2 N–H and O–H groups in total. The molecule has 0 heterocycles. The summed E-state index contributed by atoms with van der Waals surface area (Å²) in [5.74, 6) is 1.05. The van der Waals surface area contributed by atoms with Gasteiger partial charge in [-0.05, 0) is 52.4 Å². The van der Waals surface area contributed by atoms with Gasteiger partial charge in [-0.25, -0.2) is 0 Å². The Bertz CT molecular complexity index is 487. The number of hydrogen-bond donors (Lipinski definition) is 2. The minimum Gasteiger partial charge on any atom is -0.483 e. The number of amides is 1. The number of nitrogens with one attached hydrogen (secondary N) is 2. The van der Waals surface area contributed by atoms with E-state index in [1.165, 1.54) is 18.4 Å². The third-order valence-electron chi connectivity index (χ3n) is 3.23. The largest absolute Gasteiger partial charge is 0.483 e. The summed E-state index contributed by atoms with van der Waals surface area (Å²) in [4.78, 5) is 11.6. The van der Waals surface area contributed by atoms with Gasteiger partial charge in [0.2, 0.25) is 0 Å². The Balaban J connectivity index is 1.78. The molecule has 1 aromatic rings. The van der Waals surface area contributed by atoms with Gasteiger partial charge in [0, 0.05) is 19.1 Å². The molecular weight excluding hydrogens is 332 g/mol. The molecule has 0 aliphatic heterocycles. The molecular formula is C16H23BrN2O2. The van der Waals surface area contributed by atoms with E-state index in [9.17, 15) is 4.79 Å². The highest BCUT2D eigenvalue weighted by atomic mass is 79.9. The van der Waals surface area contributed by atoms with E-state index < -0.39 is 0 Å². The van der Waals surface area contributed by atoms with Crippen LogP contribution in [0.2, 0.25) is 0 Å². The zero-order chi connectivity index (χ0) is 15.2. The molecule has 0 unspecified atom stereocenters. The predicted octanol–water partition coefficient (Wildman–Crippen LogP) is 2.85. The molecule has 0 atom stereocenters. The van der Waals surface area contributed by atoms with Gasteiger partial charge in [-0.1, -0.05) is 19.9 Å². The highest BCUT2D eigenvalue weighted by molar-refractivity contribution is 9.10. The molecule has 0 saturated heterocycles. The normalized spacial score (nSPS) is 14.3. The van der Waals surface area contributed by atoms with Crippen LogP contribution in [0, 0.1) is 5.92 Å². The summed E-state index contributed by atoms with van der Waals surface area (Å²) in [5.41, 5.74) is 1.21. The van der Waals surface area contributed by atoms with Gasteiger partial charge in [0.05, 0.1) is 4.47 Å². The van der Waals surface area contributed by atoms with Crippen LogP contribution in [-0.2, 0) is 11.3 Å². The van der Waals surface area contributed by atoms with E-state index in [1.807, 2.05) is 18.2 Å². The molecule has 2 rings (SSSR count). The first-order valence-electron chi connectivity index (χ1n) is 7.46. The molecule has 1 aliphatic rings. The van der Waals surface area contributed by atoms with E-state index in [0.29, 0.717) is 24.3 Å². The summed E-state index contributed by atoms with van der Waals surface area (Å²) in [6.45, 7) is 5.72. The fourth-order valence-corrected chi connectivity index (χ4v) is 2.37. The standard InChI is InChI=1S/C16H23BrN2O2/c1-11(2)8-19-16(20)10-21-15-6-3-12(7-14(15)17)9-18-13-4-5-13/h3,6-7,11,13,18H,4-5,8-10H2,1-2H3,(H,19,20). The number of hydrogen-bond acceptors (Lipinski definition) is 3. The molecule has 0 spiro atoms. The van der Waals surface area contributed by atoms with Crippen LogP contribution in [-0.4, -0.2) is 25.1 Å². The third kappa shape index (κ3) is 6.06. The molecule has 1 fully saturated rings. The molecule has 1 saturated carbocycles. The molecule has 21 heavy (non-hydrogen) atoms. The van der Waals surface area contributed by atoms with Crippen LogP contribution in [0.1, 0.15) is 32.3 Å². The van der Waals surface area contributed by atoms with Crippen LogP contribution in [0.15, 0.2) is 22.7 Å². The maximum atomic E-state index is 11.6. The highest BCUT2D eigenvalue weighted by Gasteiger charge is 2.20. The lowest BCUT2D eigenvalue weighted by molar-refractivity contribution is -0.123. The first-order chi connectivity index (χ1) is 10.0. The monoisotopic (exact) mass is 354 g/mol. The van der Waals surface area contributed by atoms with Gasteiger partial charge >= 0.3 is 0 Å². The van der Waals surface area contributed by atoms with Crippen molar-refractivity contribution in [2.45, 2.75) is 39.3 Å². The zero-order valence-corrected chi connectivity index (χ0v) is 14.2. The van der Waals surface area contributed by atoms with Crippen molar-refractivity contribution in [3.05, 3.63) is 28.2 Å². The molecule has 116 valence electrons. The molecule has 5 heteroatoms. The molecule has 0 radical (unpaired) electrons. The topological polar surface area (TPSA) is 50.4 Å². The van der Waals surface area contributed by atoms with Gasteiger partial charge < -0.3 is 15.4 Å². The van der Waals surface area contributed by atoms with Gasteiger partial charge in [0.15, 0.2) is 6.61 Å². The summed E-state index contributed by atoms with van der Waals surface area (Å²) in [5, 5.41) is 6.30. The minimum atomic E-state index is -0.0879. The van der Waals surface area contributed by atoms with Crippen LogP contribution < -0.4 is 15.4 Å². The molecule has 1 aliphatic carbocycles. The Labute approximate surface area is 134 Å². The number of benzene rings is 1. The van der Waals surface area contributed by atoms with E-state index in [4.69, 9.17) is 4.74 Å². The fraction of sp³-hybridized carbons (Fsp3) is 0.562. The van der Waals surface area contributed by atoms with Crippen LogP contribution in [0.3, 0.4) is 0 Å². The predicted molar refractivity (Wildman–Crippen MR) is 87.3 cm³/mol. The molecule has 0 aromatic heterocycles. The molecule has 1 aromatic carbocycles. The lowest BCUT2D eigenvalue weighted by Gasteiger charge is -2.11. The van der Waals surface area contributed by atoms with Crippen molar-refractivity contribution in [2.24, 2.45) is 5.92 Å². The second-order valence-electron chi connectivity index (χ2n) is 5.91. The second-order valence-corrected chi connectivity index (χ2v) is 6.76. The van der Waals surface area contributed by atoms with Crippen LogP contribution in [0.4, 0.5) is 0 Å². The Morgan fingerprint density at radius 1 is 1.43 bits per heavy atom. The second kappa shape index (κ2) is 7.80. The van der Waals surface area contributed by atoms with Gasteiger partial charge in [-0.3, -0.25) is 4.79 Å². The van der Waals surface area contributed by atoms with E-state index in [1.54, 1.807) is 0 Å². The number of rotatable bonds is 8. The smallest absolute Gasteiger partial charge is 0.257 e. The Morgan fingerprint density at radius 3 is 2.81 bits per heavy atom. The van der Waals surface area contributed by atoms with Crippen molar-refractivity contribution in [1.82, 2.24) is 10.6 Å². The quantitative estimate of drug-likeness (QED) is 0.754. The summed E-state index contributed by atoms with van der Waals surface area (Å²) in [6, 6.07) is 6.67. The maximum Gasteiger partial charge on any atom is 0.257 e. The van der Waals surface area contributed by atoms with Crippen LogP contribution in [0.5, 0.6) is 5.75 Å². The van der Waals surface area contributed by atoms with E-state index >= 15 is 0 Å². The Kier molecular flexibility index (Phi) is 6.06. The molecule has 4 nitrogen and oxygen atoms in total. The number of carbonyl (C=O) groups is 1. The number of halogens is 1. The summed E-state index contributed by atoms with van der Waals surface area (Å²) < 4.78 is 6.43.